The Morgan fingerprint density at radius 2 is 1.42 bits per heavy atom. The fourth-order valence-corrected chi connectivity index (χ4v) is 3.48. The van der Waals surface area contributed by atoms with Crippen LogP contribution in [0.25, 0.3) is 10.8 Å². The molecule has 0 aliphatic heterocycles. The molecule has 3 rings (SSSR count). The summed E-state index contributed by atoms with van der Waals surface area (Å²) in [6, 6.07) is 14.4. The van der Waals surface area contributed by atoms with Crippen molar-refractivity contribution < 1.29 is 28.5 Å². The third-order valence-corrected chi connectivity index (χ3v) is 4.68. The highest BCUT2D eigenvalue weighted by Crippen LogP contribution is 2.26. The van der Waals surface area contributed by atoms with Crippen LogP contribution in [-0.2, 0) is 4.74 Å². The van der Waals surface area contributed by atoms with E-state index in [2.05, 4.69) is 11.3 Å². The molecular formula is C24H21ClO6. The minimum atomic E-state index is -0.844. The van der Waals surface area contributed by atoms with Crippen molar-refractivity contribution in [3.63, 3.8) is 0 Å². The molecule has 0 radical (unpaired) electrons. The van der Waals surface area contributed by atoms with Crippen LogP contribution in [0.2, 0.25) is 0 Å². The number of rotatable bonds is 8. The molecule has 0 amide bonds. The predicted octanol–water partition coefficient (Wildman–Crippen LogP) is 5.95. The highest BCUT2D eigenvalue weighted by Gasteiger charge is 2.11. The maximum atomic E-state index is 11.5. The van der Waals surface area contributed by atoms with Crippen molar-refractivity contribution in [2.75, 3.05) is 13.2 Å². The summed E-state index contributed by atoms with van der Waals surface area (Å²) < 4.78 is 21.1. The van der Waals surface area contributed by atoms with E-state index in [1.54, 1.807) is 24.3 Å². The lowest BCUT2D eigenvalue weighted by molar-refractivity contribution is 0.108. The third kappa shape index (κ3) is 5.77. The average molecular weight is 441 g/mol. The molecule has 3 aromatic rings. The SMILES string of the molecule is C=COC(=O)Oc1ccc2cc(OCCOc3cc(C)c(C(=O)Cl)c(C)c3)ccc2c1. The lowest BCUT2D eigenvalue weighted by Crippen LogP contribution is -2.10. The van der Waals surface area contributed by atoms with Crippen LogP contribution in [0.3, 0.4) is 0 Å². The van der Waals surface area contributed by atoms with Crippen LogP contribution in [-0.4, -0.2) is 24.6 Å². The minimum absolute atomic E-state index is 0.337. The Kier molecular flexibility index (Phi) is 7.15. The van der Waals surface area contributed by atoms with Crippen LogP contribution in [0.1, 0.15) is 21.5 Å². The zero-order valence-corrected chi connectivity index (χ0v) is 17.9. The van der Waals surface area contributed by atoms with E-state index >= 15 is 0 Å². The molecule has 0 spiro atoms. The number of fused-ring (bicyclic) bond motifs is 1. The Bertz CT molecular complexity index is 1120. The van der Waals surface area contributed by atoms with Crippen LogP contribution in [0.5, 0.6) is 17.2 Å². The maximum absolute atomic E-state index is 11.5. The van der Waals surface area contributed by atoms with E-state index in [0.717, 1.165) is 28.2 Å². The van der Waals surface area contributed by atoms with E-state index in [9.17, 15) is 9.59 Å². The monoisotopic (exact) mass is 440 g/mol. The summed E-state index contributed by atoms with van der Waals surface area (Å²) >= 11 is 5.61. The van der Waals surface area contributed by atoms with Gasteiger partial charge in [0, 0.05) is 5.56 Å². The molecule has 0 aliphatic carbocycles. The van der Waals surface area contributed by atoms with Gasteiger partial charge in [0.2, 0.25) is 0 Å². The van der Waals surface area contributed by atoms with E-state index in [4.69, 9.17) is 25.8 Å². The second-order valence-corrected chi connectivity index (χ2v) is 7.05. The van der Waals surface area contributed by atoms with Gasteiger partial charge in [-0.05, 0) is 83.7 Å². The van der Waals surface area contributed by atoms with Gasteiger partial charge in [0.05, 0.1) is 6.26 Å². The number of hydrogen-bond donors (Lipinski definition) is 0. The van der Waals surface area contributed by atoms with Gasteiger partial charge in [-0.1, -0.05) is 18.7 Å². The fourth-order valence-electron chi connectivity index (χ4n) is 3.18. The topological polar surface area (TPSA) is 71.1 Å². The van der Waals surface area contributed by atoms with Gasteiger partial charge in [-0.25, -0.2) is 4.79 Å². The van der Waals surface area contributed by atoms with Crippen LogP contribution in [0.4, 0.5) is 4.79 Å². The van der Waals surface area contributed by atoms with Gasteiger partial charge in [0.25, 0.3) is 5.24 Å². The number of halogens is 1. The first-order chi connectivity index (χ1) is 14.9. The molecule has 31 heavy (non-hydrogen) atoms. The van der Waals surface area contributed by atoms with Crippen molar-refractivity contribution >= 4 is 33.8 Å². The van der Waals surface area contributed by atoms with Gasteiger partial charge >= 0.3 is 6.16 Å². The highest BCUT2D eigenvalue weighted by molar-refractivity contribution is 6.68. The second kappa shape index (κ2) is 10.00. The molecule has 6 nitrogen and oxygen atoms in total. The lowest BCUT2D eigenvalue weighted by Gasteiger charge is -2.12. The molecule has 0 saturated carbocycles. The van der Waals surface area contributed by atoms with Gasteiger partial charge in [-0.2, -0.15) is 0 Å². The Hall–Kier alpha value is -3.51. The zero-order valence-electron chi connectivity index (χ0n) is 17.1. The predicted molar refractivity (Wildman–Crippen MR) is 118 cm³/mol. The van der Waals surface area contributed by atoms with Gasteiger partial charge < -0.3 is 18.9 Å². The standard InChI is InChI=1S/C24H21ClO6/c1-4-28-24(27)31-20-8-6-17-13-19(7-5-18(17)14-20)29-9-10-30-21-11-15(2)22(23(25)26)16(3)12-21/h4-8,11-14H,1,9-10H2,2-3H3. The summed E-state index contributed by atoms with van der Waals surface area (Å²) in [7, 11) is 0. The minimum Gasteiger partial charge on any atom is -0.490 e. The quantitative estimate of drug-likeness (QED) is 0.142. The van der Waals surface area contributed by atoms with Crippen molar-refractivity contribution in [1.82, 2.24) is 0 Å². The largest absolute Gasteiger partial charge is 0.518 e. The van der Waals surface area contributed by atoms with Gasteiger partial charge in [-0.15, -0.1) is 0 Å². The van der Waals surface area contributed by atoms with Gasteiger partial charge in [-0.3, -0.25) is 4.79 Å². The van der Waals surface area contributed by atoms with E-state index in [1.165, 1.54) is 0 Å². The van der Waals surface area contributed by atoms with Crippen molar-refractivity contribution in [1.29, 1.82) is 0 Å². The lowest BCUT2D eigenvalue weighted by atomic mass is 10.0. The molecule has 7 heteroatoms. The molecule has 0 heterocycles. The second-order valence-electron chi connectivity index (χ2n) is 6.71. The maximum Gasteiger partial charge on any atom is 0.518 e. The summed E-state index contributed by atoms with van der Waals surface area (Å²) in [5, 5.41) is 1.33. The molecule has 0 bridgehead atoms. The summed E-state index contributed by atoms with van der Waals surface area (Å²) in [6.07, 6.45) is 0.165. The summed E-state index contributed by atoms with van der Waals surface area (Å²) in [6.45, 7) is 7.62. The molecule has 0 atom stereocenters. The van der Waals surface area contributed by atoms with Gasteiger partial charge in [0.1, 0.15) is 30.5 Å². The van der Waals surface area contributed by atoms with Crippen LogP contribution in [0.15, 0.2) is 61.4 Å². The Morgan fingerprint density at radius 3 is 2.00 bits per heavy atom. The summed E-state index contributed by atoms with van der Waals surface area (Å²) in [5.41, 5.74) is 2.05. The van der Waals surface area contributed by atoms with E-state index in [0.29, 0.717) is 36.0 Å². The first-order valence-corrected chi connectivity index (χ1v) is 9.85. The smallest absolute Gasteiger partial charge is 0.490 e. The van der Waals surface area contributed by atoms with Gasteiger partial charge in [0.15, 0.2) is 0 Å². The molecular weight excluding hydrogens is 420 g/mol. The first-order valence-electron chi connectivity index (χ1n) is 9.47. The number of aryl methyl sites for hydroxylation is 2. The number of hydrogen-bond acceptors (Lipinski definition) is 6. The first kappa shape index (κ1) is 22.2. The third-order valence-electron chi connectivity index (χ3n) is 4.49. The van der Waals surface area contributed by atoms with Crippen molar-refractivity contribution in [3.05, 3.63) is 78.1 Å². The molecule has 0 fully saturated rings. The normalized spacial score (nSPS) is 10.4. The fraction of sp³-hybridized carbons (Fsp3) is 0.167. The van der Waals surface area contributed by atoms with E-state index < -0.39 is 11.4 Å². The van der Waals surface area contributed by atoms with E-state index in [1.807, 2.05) is 38.1 Å². The van der Waals surface area contributed by atoms with Crippen LogP contribution < -0.4 is 14.2 Å². The molecule has 0 saturated heterocycles. The number of benzene rings is 3. The highest BCUT2D eigenvalue weighted by atomic mass is 35.5. The molecule has 3 aromatic carbocycles. The summed E-state index contributed by atoms with van der Waals surface area (Å²) in [5.74, 6) is 1.71. The molecule has 0 N–H and O–H groups in total. The Balaban J connectivity index is 1.57. The van der Waals surface area contributed by atoms with Crippen molar-refractivity contribution in [2.24, 2.45) is 0 Å². The molecule has 160 valence electrons. The Labute approximate surface area is 184 Å². The number of ether oxygens (including phenoxy) is 4. The zero-order chi connectivity index (χ0) is 22.4. The van der Waals surface area contributed by atoms with E-state index in [-0.39, 0.29) is 0 Å². The number of carbonyl (C=O) groups excluding carboxylic acids is 2. The van der Waals surface area contributed by atoms with Crippen molar-refractivity contribution in [3.8, 4) is 17.2 Å². The molecule has 0 aliphatic rings. The molecule has 0 aromatic heterocycles. The Morgan fingerprint density at radius 1 is 0.871 bits per heavy atom. The molecule has 0 unspecified atom stereocenters. The summed E-state index contributed by atoms with van der Waals surface area (Å²) in [4.78, 5) is 22.8. The van der Waals surface area contributed by atoms with Crippen LogP contribution in [0, 0.1) is 13.8 Å². The average Bonchev–Trinajstić information content (AvgIpc) is 2.70. The number of carbonyl (C=O) groups is 2. The van der Waals surface area contributed by atoms with Crippen molar-refractivity contribution in [2.45, 2.75) is 13.8 Å². The van der Waals surface area contributed by atoms with Crippen LogP contribution >= 0.6 is 11.6 Å².